The number of rotatable bonds is 4. The second-order valence-corrected chi connectivity index (χ2v) is 5.52. The highest BCUT2D eigenvalue weighted by Gasteiger charge is 2.15. The summed E-state index contributed by atoms with van der Waals surface area (Å²) in [6.07, 6.45) is 0. The Labute approximate surface area is 120 Å². The fourth-order valence-electron chi connectivity index (χ4n) is 1.98. The van der Waals surface area contributed by atoms with Gasteiger partial charge in [-0.15, -0.1) is 0 Å². The SMILES string of the molecule is CN1CCN(NCc2ccc(Br)c([N+](=O)[O-])c2)CC1. The third-order valence-corrected chi connectivity index (χ3v) is 3.89. The van der Waals surface area contributed by atoms with Gasteiger partial charge in [-0.05, 0) is 34.6 Å². The minimum absolute atomic E-state index is 0.109. The first-order chi connectivity index (χ1) is 9.06. The lowest BCUT2D eigenvalue weighted by molar-refractivity contribution is -0.385. The van der Waals surface area contributed by atoms with E-state index in [1.54, 1.807) is 12.1 Å². The molecule has 0 radical (unpaired) electrons. The standard InChI is InChI=1S/C12H17BrN4O2/c1-15-4-6-16(7-5-15)14-9-10-2-3-11(13)12(8-10)17(18)19/h2-3,8,14H,4-7,9H2,1H3. The first-order valence-electron chi connectivity index (χ1n) is 6.16. The molecule has 1 aliphatic rings. The lowest BCUT2D eigenvalue weighted by Gasteiger charge is -2.32. The quantitative estimate of drug-likeness (QED) is 0.672. The first kappa shape index (κ1) is 14.4. The van der Waals surface area contributed by atoms with Crippen molar-refractivity contribution in [3.8, 4) is 0 Å². The molecule has 19 heavy (non-hydrogen) atoms. The molecule has 0 spiro atoms. The summed E-state index contributed by atoms with van der Waals surface area (Å²) in [5, 5.41) is 13.0. The van der Waals surface area contributed by atoms with Crippen LogP contribution >= 0.6 is 15.9 Å². The van der Waals surface area contributed by atoms with Gasteiger partial charge in [0.05, 0.1) is 9.40 Å². The summed E-state index contributed by atoms with van der Waals surface area (Å²) in [5.41, 5.74) is 4.33. The zero-order valence-corrected chi connectivity index (χ0v) is 12.4. The molecule has 1 aromatic carbocycles. The topological polar surface area (TPSA) is 61.6 Å². The van der Waals surface area contributed by atoms with Gasteiger partial charge in [-0.1, -0.05) is 6.07 Å². The van der Waals surface area contributed by atoms with E-state index in [-0.39, 0.29) is 10.6 Å². The van der Waals surface area contributed by atoms with Crippen molar-refractivity contribution in [2.75, 3.05) is 33.2 Å². The smallest absolute Gasteiger partial charge is 0.283 e. The second kappa shape index (κ2) is 6.42. The molecule has 0 bridgehead atoms. The van der Waals surface area contributed by atoms with E-state index in [9.17, 15) is 10.1 Å². The molecule has 0 aromatic heterocycles. The minimum atomic E-state index is -0.372. The predicted molar refractivity (Wildman–Crippen MR) is 76.7 cm³/mol. The summed E-state index contributed by atoms with van der Waals surface area (Å²) in [7, 11) is 2.11. The number of nitro groups is 1. The molecule has 7 heteroatoms. The number of nitrogens with one attached hydrogen (secondary N) is 1. The van der Waals surface area contributed by atoms with Crippen molar-refractivity contribution in [1.29, 1.82) is 0 Å². The molecule has 1 heterocycles. The fourth-order valence-corrected chi connectivity index (χ4v) is 2.37. The van der Waals surface area contributed by atoms with Gasteiger partial charge in [0.25, 0.3) is 5.69 Å². The number of likely N-dealkylation sites (N-methyl/N-ethyl adjacent to an activating group) is 1. The number of halogens is 1. The van der Waals surface area contributed by atoms with Crippen LogP contribution in [0.2, 0.25) is 0 Å². The summed E-state index contributed by atoms with van der Waals surface area (Å²) < 4.78 is 0.515. The molecular formula is C12H17BrN4O2. The molecule has 0 aliphatic carbocycles. The molecule has 0 atom stereocenters. The van der Waals surface area contributed by atoms with Crippen LogP contribution in [0.1, 0.15) is 5.56 Å². The summed E-state index contributed by atoms with van der Waals surface area (Å²) in [4.78, 5) is 12.8. The minimum Gasteiger partial charge on any atom is -0.304 e. The molecule has 1 aromatic rings. The monoisotopic (exact) mass is 328 g/mol. The molecule has 1 aliphatic heterocycles. The third kappa shape index (κ3) is 3.97. The van der Waals surface area contributed by atoms with Crippen LogP contribution in [-0.2, 0) is 6.54 Å². The zero-order valence-electron chi connectivity index (χ0n) is 10.8. The van der Waals surface area contributed by atoms with E-state index in [1.807, 2.05) is 6.07 Å². The van der Waals surface area contributed by atoms with Crippen LogP contribution in [0, 0.1) is 10.1 Å². The van der Waals surface area contributed by atoms with Crippen molar-refractivity contribution in [3.63, 3.8) is 0 Å². The Morgan fingerprint density at radius 3 is 2.68 bits per heavy atom. The number of hydrazine groups is 1. The van der Waals surface area contributed by atoms with E-state index < -0.39 is 0 Å². The number of piperazine rings is 1. The average molecular weight is 329 g/mol. The molecule has 0 amide bonds. The van der Waals surface area contributed by atoms with Crippen molar-refractivity contribution in [1.82, 2.24) is 15.3 Å². The van der Waals surface area contributed by atoms with Gasteiger partial charge in [-0.2, -0.15) is 0 Å². The molecule has 2 rings (SSSR count). The zero-order chi connectivity index (χ0) is 13.8. The lowest BCUT2D eigenvalue weighted by atomic mass is 10.2. The summed E-state index contributed by atoms with van der Waals surface area (Å²) >= 11 is 3.19. The van der Waals surface area contributed by atoms with Crippen LogP contribution in [0.15, 0.2) is 22.7 Å². The summed E-state index contributed by atoms with van der Waals surface area (Å²) in [6, 6.07) is 5.21. The van der Waals surface area contributed by atoms with Gasteiger partial charge in [-0.3, -0.25) is 15.5 Å². The third-order valence-electron chi connectivity index (χ3n) is 3.22. The number of nitrogens with zero attached hydrogens (tertiary/aromatic N) is 3. The van der Waals surface area contributed by atoms with Crippen LogP contribution in [0.3, 0.4) is 0 Å². The summed E-state index contributed by atoms with van der Waals surface area (Å²) in [5.74, 6) is 0. The van der Waals surface area contributed by atoms with Crippen molar-refractivity contribution in [2.45, 2.75) is 6.54 Å². The van der Waals surface area contributed by atoms with Gasteiger partial charge in [0.15, 0.2) is 0 Å². The molecule has 0 saturated carbocycles. The Balaban J connectivity index is 1.92. The fraction of sp³-hybridized carbons (Fsp3) is 0.500. The highest BCUT2D eigenvalue weighted by molar-refractivity contribution is 9.10. The van der Waals surface area contributed by atoms with Crippen molar-refractivity contribution < 1.29 is 4.92 Å². The lowest BCUT2D eigenvalue weighted by Crippen LogP contribution is -2.50. The number of benzene rings is 1. The van der Waals surface area contributed by atoms with Gasteiger partial charge < -0.3 is 4.90 Å². The van der Waals surface area contributed by atoms with Crippen LogP contribution in [0.5, 0.6) is 0 Å². The van der Waals surface area contributed by atoms with Crippen LogP contribution in [0.4, 0.5) is 5.69 Å². The highest BCUT2D eigenvalue weighted by atomic mass is 79.9. The van der Waals surface area contributed by atoms with Crippen molar-refractivity contribution >= 4 is 21.6 Å². The van der Waals surface area contributed by atoms with Crippen LogP contribution < -0.4 is 5.43 Å². The Bertz CT molecular complexity index is 461. The highest BCUT2D eigenvalue weighted by Crippen LogP contribution is 2.25. The number of hydrogen-bond acceptors (Lipinski definition) is 5. The molecule has 1 N–H and O–H groups in total. The molecule has 0 unspecified atom stereocenters. The molecule has 6 nitrogen and oxygen atoms in total. The van der Waals surface area contributed by atoms with E-state index in [0.29, 0.717) is 11.0 Å². The maximum Gasteiger partial charge on any atom is 0.283 e. The maximum atomic E-state index is 10.9. The molecule has 1 fully saturated rings. The predicted octanol–water partition coefficient (Wildman–Crippen LogP) is 1.61. The number of hydrogen-bond donors (Lipinski definition) is 1. The molecule has 104 valence electrons. The van der Waals surface area contributed by atoms with Crippen molar-refractivity contribution in [3.05, 3.63) is 38.3 Å². The van der Waals surface area contributed by atoms with E-state index in [0.717, 1.165) is 31.7 Å². The Morgan fingerprint density at radius 1 is 1.37 bits per heavy atom. The first-order valence-corrected chi connectivity index (χ1v) is 6.95. The van der Waals surface area contributed by atoms with E-state index in [1.165, 1.54) is 0 Å². The van der Waals surface area contributed by atoms with Gasteiger partial charge >= 0.3 is 0 Å². The van der Waals surface area contributed by atoms with Crippen LogP contribution in [0.25, 0.3) is 0 Å². The Kier molecular flexibility index (Phi) is 4.87. The van der Waals surface area contributed by atoms with Gasteiger partial charge in [0, 0.05) is 38.8 Å². The van der Waals surface area contributed by atoms with E-state index in [4.69, 9.17) is 0 Å². The van der Waals surface area contributed by atoms with Gasteiger partial charge in [0.2, 0.25) is 0 Å². The normalized spacial score (nSPS) is 17.6. The maximum absolute atomic E-state index is 10.9. The van der Waals surface area contributed by atoms with Crippen LogP contribution in [-0.4, -0.2) is 48.1 Å². The average Bonchev–Trinajstić information content (AvgIpc) is 2.39. The Hall–Kier alpha value is -1.02. The second-order valence-electron chi connectivity index (χ2n) is 4.67. The summed E-state index contributed by atoms with van der Waals surface area (Å²) in [6.45, 7) is 4.61. The number of nitro benzene ring substituents is 1. The van der Waals surface area contributed by atoms with Crippen molar-refractivity contribution in [2.24, 2.45) is 0 Å². The molecular weight excluding hydrogens is 312 g/mol. The Morgan fingerprint density at radius 2 is 2.05 bits per heavy atom. The van der Waals surface area contributed by atoms with E-state index >= 15 is 0 Å². The van der Waals surface area contributed by atoms with Gasteiger partial charge in [-0.25, -0.2) is 5.01 Å². The van der Waals surface area contributed by atoms with E-state index in [2.05, 4.69) is 38.3 Å². The largest absolute Gasteiger partial charge is 0.304 e. The van der Waals surface area contributed by atoms with Gasteiger partial charge in [0.1, 0.15) is 0 Å². The molecule has 1 saturated heterocycles.